The SMILES string of the molecule is C=C(Cl)C=N/C(NC)=C1\CN(C(=C)c2ccc(F)cc2)CC1N. The number of rotatable bonds is 5. The lowest BCUT2D eigenvalue weighted by Gasteiger charge is -2.20. The summed E-state index contributed by atoms with van der Waals surface area (Å²) in [6.07, 6.45) is 1.48. The minimum absolute atomic E-state index is 0.171. The Morgan fingerprint density at radius 2 is 2.09 bits per heavy atom. The van der Waals surface area contributed by atoms with Crippen molar-refractivity contribution < 1.29 is 4.39 Å². The fourth-order valence-electron chi connectivity index (χ4n) is 2.46. The minimum Gasteiger partial charge on any atom is -0.373 e. The van der Waals surface area contributed by atoms with E-state index in [0.717, 1.165) is 16.8 Å². The molecule has 0 amide bonds. The molecule has 23 heavy (non-hydrogen) atoms. The van der Waals surface area contributed by atoms with E-state index in [1.54, 1.807) is 19.2 Å². The first kappa shape index (κ1) is 17.2. The van der Waals surface area contributed by atoms with Crippen LogP contribution in [0.25, 0.3) is 5.70 Å². The fraction of sp³-hybridized carbons (Fsp3) is 0.235. The summed E-state index contributed by atoms with van der Waals surface area (Å²) in [6, 6.07) is 6.08. The molecule has 1 aliphatic rings. The Bertz CT molecular complexity index is 664. The van der Waals surface area contributed by atoms with Crippen LogP contribution >= 0.6 is 11.6 Å². The number of hydrogen-bond acceptors (Lipinski definition) is 4. The first-order chi connectivity index (χ1) is 10.9. The molecule has 4 nitrogen and oxygen atoms in total. The molecular formula is C17H20ClFN4. The number of hydrogen-bond donors (Lipinski definition) is 2. The van der Waals surface area contributed by atoms with Crippen LogP contribution in [0.15, 0.2) is 58.8 Å². The lowest BCUT2D eigenvalue weighted by atomic mass is 10.1. The number of aliphatic imine (C=N–C) groups is 1. The standard InChI is InChI=1S/C17H20ClFN4/c1-11(18)8-22-17(21-3)15-9-23(10-16(15)20)12(2)13-4-6-14(19)7-5-13/h4-8,16,21H,1-2,9-10,20H2,3H3/b17-15+,22-8?. The number of nitrogens with two attached hydrogens (primary N) is 1. The molecular weight excluding hydrogens is 315 g/mol. The van der Waals surface area contributed by atoms with E-state index in [0.29, 0.717) is 23.9 Å². The van der Waals surface area contributed by atoms with Gasteiger partial charge in [0.2, 0.25) is 0 Å². The summed E-state index contributed by atoms with van der Waals surface area (Å²) in [5, 5.41) is 3.38. The van der Waals surface area contributed by atoms with E-state index in [9.17, 15) is 4.39 Å². The van der Waals surface area contributed by atoms with Gasteiger partial charge in [0.1, 0.15) is 11.6 Å². The normalized spacial score (nSPS) is 20.0. The van der Waals surface area contributed by atoms with Crippen molar-refractivity contribution >= 4 is 23.5 Å². The highest BCUT2D eigenvalue weighted by Gasteiger charge is 2.28. The molecule has 1 unspecified atom stereocenters. The second-order valence-corrected chi connectivity index (χ2v) is 5.75. The zero-order valence-corrected chi connectivity index (χ0v) is 13.8. The van der Waals surface area contributed by atoms with Crippen molar-refractivity contribution in [1.29, 1.82) is 0 Å². The van der Waals surface area contributed by atoms with Crippen molar-refractivity contribution in [1.82, 2.24) is 10.2 Å². The van der Waals surface area contributed by atoms with Gasteiger partial charge in [-0.05, 0) is 17.7 Å². The summed E-state index contributed by atoms with van der Waals surface area (Å²) < 4.78 is 13.0. The summed E-state index contributed by atoms with van der Waals surface area (Å²) in [5.41, 5.74) is 8.85. The van der Waals surface area contributed by atoms with E-state index < -0.39 is 0 Å². The monoisotopic (exact) mass is 334 g/mol. The van der Waals surface area contributed by atoms with Crippen LogP contribution in [-0.4, -0.2) is 37.3 Å². The van der Waals surface area contributed by atoms with Gasteiger partial charge in [-0.2, -0.15) is 0 Å². The topological polar surface area (TPSA) is 53.7 Å². The molecule has 3 N–H and O–H groups in total. The number of nitrogens with one attached hydrogen (secondary N) is 1. The molecule has 1 atom stereocenters. The van der Waals surface area contributed by atoms with Gasteiger partial charge in [-0.15, -0.1) is 0 Å². The zero-order chi connectivity index (χ0) is 17.0. The molecule has 1 saturated heterocycles. The lowest BCUT2D eigenvalue weighted by Crippen LogP contribution is -2.27. The number of likely N-dealkylation sites (tertiary alicyclic amines) is 1. The first-order valence-electron chi connectivity index (χ1n) is 7.17. The number of halogens is 2. The van der Waals surface area contributed by atoms with Crippen LogP contribution in [0.4, 0.5) is 4.39 Å². The van der Waals surface area contributed by atoms with Crippen LogP contribution < -0.4 is 11.1 Å². The molecule has 1 aliphatic heterocycles. The van der Waals surface area contributed by atoms with Gasteiger partial charge in [0.15, 0.2) is 0 Å². The molecule has 0 aliphatic carbocycles. The van der Waals surface area contributed by atoms with Crippen LogP contribution in [0.2, 0.25) is 0 Å². The van der Waals surface area contributed by atoms with E-state index in [-0.39, 0.29) is 11.9 Å². The second kappa shape index (κ2) is 7.44. The van der Waals surface area contributed by atoms with Crippen LogP contribution in [0.3, 0.4) is 0 Å². The molecule has 1 aromatic carbocycles. The number of benzene rings is 1. The van der Waals surface area contributed by atoms with Crippen molar-refractivity contribution in [2.24, 2.45) is 10.7 Å². The third-order valence-electron chi connectivity index (χ3n) is 3.66. The molecule has 6 heteroatoms. The summed E-state index contributed by atoms with van der Waals surface area (Å²) in [4.78, 5) is 6.33. The summed E-state index contributed by atoms with van der Waals surface area (Å²) in [6.45, 7) is 8.89. The average Bonchev–Trinajstić information content (AvgIpc) is 2.90. The quantitative estimate of drug-likeness (QED) is 0.814. The van der Waals surface area contributed by atoms with Gasteiger partial charge in [-0.25, -0.2) is 9.38 Å². The van der Waals surface area contributed by atoms with Crippen LogP contribution in [-0.2, 0) is 0 Å². The van der Waals surface area contributed by atoms with E-state index in [1.807, 2.05) is 0 Å². The van der Waals surface area contributed by atoms with Gasteiger partial charge in [-0.3, -0.25) is 0 Å². The highest BCUT2D eigenvalue weighted by molar-refractivity contribution is 6.38. The Morgan fingerprint density at radius 1 is 1.43 bits per heavy atom. The molecule has 0 aromatic heterocycles. The van der Waals surface area contributed by atoms with Gasteiger partial charge >= 0.3 is 0 Å². The molecule has 1 fully saturated rings. The Hall–Kier alpha value is -2.11. The summed E-state index contributed by atoms with van der Waals surface area (Å²) in [5.74, 6) is 0.405. The smallest absolute Gasteiger partial charge is 0.128 e. The fourth-order valence-corrected chi connectivity index (χ4v) is 2.51. The second-order valence-electron chi connectivity index (χ2n) is 5.27. The van der Waals surface area contributed by atoms with Gasteiger partial charge in [0, 0.05) is 43.7 Å². The van der Waals surface area contributed by atoms with Gasteiger partial charge in [0.05, 0.1) is 5.03 Å². The summed E-state index contributed by atoms with van der Waals surface area (Å²) >= 11 is 5.71. The van der Waals surface area contributed by atoms with E-state index in [1.165, 1.54) is 18.3 Å². The zero-order valence-electron chi connectivity index (χ0n) is 13.0. The Labute approximate surface area is 140 Å². The van der Waals surface area contributed by atoms with Crippen molar-refractivity contribution in [3.63, 3.8) is 0 Å². The van der Waals surface area contributed by atoms with Crippen molar-refractivity contribution in [2.75, 3.05) is 20.1 Å². The largest absolute Gasteiger partial charge is 0.373 e. The summed E-state index contributed by atoms with van der Waals surface area (Å²) in [7, 11) is 1.78. The molecule has 122 valence electrons. The van der Waals surface area contributed by atoms with Crippen LogP contribution in [0.1, 0.15) is 5.56 Å². The highest BCUT2D eigenvalue weighted by atomic mass is 35.5. The third kappa shape index (κ3) is 4.21. The maximum absolute atomic E-state index is 13.0. The molecule has 2 rings (SSSR count). The van der Waals surface area contributed by atoms with Crippen molar-refractivity contribution in [3.05, 3.63) is 65.2 Å². The predicted octanol–water partition coefficient (Wildman–Crippen LogP) is 2.69. The number of allylic oxidation sites excluding steroid dienone is 1. The lowest BCUT2D eigenvalue weighted by molar-refractivity contribution is 0.488. The molecule has 0 bridgehead atoms. The maximum Gasteiger partial charge on any atom is 0.128 e. The average molecular weight is 335 g/mol. The molecule has 1 heterocycles. The molecule has 0 saturated carbocycles. The van der Waals surface area contributed by atoms with Crippen LogP contribution in [0, 0.1) is 5.82 Å². The molecule has 0 radical (unpaired) electrons. The minimum atomic E-state index is -0.270. The number of nitrogens with zero attached hydrogens (tertiary/aromatic N) is 2. The van der Waals surface area contributed by atoms with E-state index >= 15 is 0 Å². The Balaban J connectivity index is 2.21. The maximum atomic E-state index is 13.0. The molecule has 0 spiro atoms. The first-order valence-corrected chi connectivity index (χ1v) is 7.54. The third-order valence-corrected chi connectivity index (χ3v) is 3.76. The highest BCUT2D eigenvalue weighted by Crippen LogP contribution is 2.26. The predicted molar refractivity (Wildman–Crippen MR) is 94.6 cm³/mol. The van der Waals surface area contributed by atoms with E-state index in [4.69, 9.17) is 17.3 Å². The van der Waals surface area contributed by atoms with Crippen molar-refractivity contribution in [3.8, 4) is 0 Å². The Kier molecular flexibility index (Phi) is 5.58. The van der Waals surface area contributed by atoms with Gasteiger partial charge < -0.3 is 16.0 Å². The molecule has 1 aromatic rings. The van der Waals surface area contributed by atoms with Crippen molar-refractivity contribution in [2.45, 2.75) is 6.04 Å². The van der Waals surface area contributed by atoms with E-state index in [2.05, 4.69) is 28.4 Å². The van der Waals surface area contributed by atoms with Gasteiger partial charge in [-0.1, -0.05) is 36.9 Å². The van der Waals surface area contributed by atoms with Crippen LogP contribution in [0.5, 0.6) is 0 Å². The Morgan fingerprint density at radius 3 is 2.65 bits per heavy atom. The van der Waals surface area contributed by atoms with Gasteiger partial charge in [0.25, 0.3) is 0 Å².